The monoisotopic (exact) mass is 444 g/mol. The predicted octanol–water partition coefficient (Wildman–Crippen LogP) is 2.02. The van der Waals surface area contributed by atoms with Crippen LogP contribution in [0.1, 0.15) is 58.3 Å². The Labute approximate surface area is 190 Å². The van der Waals surface area contributed by atoms with E-state index in [-0.39, 0.29) is 24.3 Å². The Hall–Kier alpha value is -3.75. The molecule has 3 aliphatic rings. The maximum absolute atomic E-state index is 12.6. The Morgan fingerprint density at radius 3 is 2.64 bits per heavy atom. The second kappa shape index (κ2) is 7.40. The summed E-state index contributed by atoms with van der Waals surface area (Å²) in [6.07, 6.45) is 4.44. The Bertz CT molecular complexity index is 1280. The maximum Gasteiger partial charge on any atom is 0.321 e. The van der Waals surface area contributed by atoms with Gasteiger partial charge in [0, 0.05) is 43.2 Å². The van der Waals surface area contributed by atoms with Crippen LogP contribution in [-0.2, 0) is 4.79 Å². The van der Waals surface area contributed by atoms with Crippen LogP contribution in [0.15, 0.2) is 42.7 Å². The first-order valence-corrected chi connectivity index (χ1v) is 11.3. The molecule has 6 rings (SSSR count). The van der Waals surface area contributed by atoms with Crippen LogP contribution in [0.5, 0.6) is 0 Å². The highest BCUT2D eigenvalue weighted by molar-refractivity contribution is 6.00. The number of imide groups is 1. The lowest BCUT2D eigenvalue weighted by Gasteiger charge is -2.37. The van der Waals surface area contributed by atoms with Gasteiger partial charge in [-0.2, -0.15) is 5.10 Å². The third kappa shape index (κ3) is 3.44. The van der Waals surface area contributed by atoms with E-state index in [0.29, 0.717) is 17.5 Å². The van der Waals surface area contributed by atoms with Gasteiger partial charge >= 0.3 is 6.03 Å². The van der Waals surface area contributed by atoms with E-state index in [9.17, 15) is 14.4 Å². The van der Waals surface area contributed by atoms with E-state index in [4.69, 9.17) is 0 Å². The number of amides is 4. The molecule has 3 aromatic rings. The lowest BCUT2D eigenvalue weighted by atomic mass is 9.98. The van der Waals surface area contributed by atoms with E-state index in [2.05, 4.69) is 39.8 Å². The van der Waals surface area contributed by atoms with Crippen molar-refractivity contribution in [1.82, 2.24) is 30.1 Å². The lowest BCUT2D eigenvalue weighted by Crippen LogP contribution is -2.51. The second-order valence-electron chi connectivity index (χ2n) is 9.36. The first-order valence-electron chi connectivity index (χ1n) is 11.3. The highest BCUT2D eigenvalue weighted by atomic mass is 16.2. The van der Waals surface area contributed by atoms with Crippen LogP contribution < -0.4 is 10.6 Å². The molecule has 2 saturated heterocycles. The van der Waals surface area contributed by atoms with Gasteiger partial charge in [-0.1, -0.05) is 19.1 Å². The number of imidazole rings is 1. The third-order valence-corrected chi connectivity index (χ3v) is 6.91. The molecule has 33 heavy (non-hydrogen) atoms. The zero-order valence-corrected chi connectivity index (χ0v) is 18.2. The van der Waals surface area contributed by atoms with Crippen molar-refractivity contribution in [2.45, 2.75) is 31.1 Å². The molecule has 0 radical (unpaired) electrons. The number of carbonyl (C=O) groups excluding carboxylic acids is 3. The molecule has 3 fully saturated rings. The predicted molar refractivity (Wildman–Crippen MR) is 119 cm³/mol. The van der Waals surface area contributed by atoms with E-state index in [0.717, 1.165) is 36.3 Å². The van der Waals surface area contributed by atoms with E-state index in [1.165, 1.54) is 5.56 Å². The Balaban J connectivity index is 1.24. The summed E-state index contributed by atoms with van der Waals surface area (Å²) in [5.74, 6) is 0.384. The molecule has 168 valence electrons. The summed E-state index contributed by atoms with van der Waals surface area (Å²) in [5, 5.41) is 9.55. The van der Waals surface area contributed by atoms with Gasteiger partial charge in [0.2, 0.25) is 5.91 Å². The molecular formula is C24H24N6O3. The van der Waals surface area contributed by atoms with Gasteiger partial charge in [0.05, 0.1) is 11.6 Å². The average Bonchev–Trinajstić information content (AvgIpc) is 3.44. The minimum Gasteiger partial charge on any atom is -0.338 e. The topological polar surface area (TPSA) is 109 Å². The fourth-order valence-electron chi connectivity index (χ4n) is 5.00. The highest BCUT2D eigenvalue weighted by Gasteiger charge is 2.42. The molecule has 4 heterocycles. The van der Waals surface area contributed by atoms with Crippen molar-refractivity contribution >= 4 is 23.5 Å². The number of nitrogens with zero attached hydrogens (tertiary/aromatic N) is 4. The molecule has 1 aliphatic carbocycles. The summed E-state index contributed by atoms with van der Waals surface area (Å²) < 4.78 is 1.71. The van der Waals surface area contributed by atoms with Gasteiger partial charge in [0.1, 0.15) is 0 Å². The van der Waals surface area contributed by atoms with Gasteiger partial charge in [0.15, 0.2) is 5.65 Å². The Morgan fingerprint density at radius 2 is 1.91 bits per heavy atom. The van der Waals surface area contributed by atoms with E-state index in [1.807, 2.05) is 23.1 Å². The summed E-state index contributed by atoms with van der Waals surface area (Å²) in [6.45, 7) is 4.03. The second-order valence-corrected chi connectivity index (χ2v) is 9.36. The van der Waals surface area contributed by atoms with Crippen LogP contribution >= 0.6 is 0 Å². The van der Waals surface area contributed by atoms with E-state index >= 15 is 0 Å². The largest absolute Gasteiger partial charge is 0.338 e. The summed E-state index contributed by atoms with van der Waals surface area (Å²) in [4.78, 5) is 42.7. The minimum absolute atomic E-state index is 0.0997. The van der Waals surface area contributed by atoms with Crippen LogP contribution in [0.2, 0.25) is 0 Å². The minimum atomic E-state index is -0.542. The van der Waals surface area contributed by atoms with Crippen LogP contribution in [-0.4, -0.2) is 57.0 Å². The van der Waals surface area contributed by atoms with Crippen LogP contribution in [0, 0.1) is 5.92 Å². The number of likely N-dealkylation sites (tertiary alicyclic amines) is 1. The molecule has 9 nitrogen and oxygen atoms in total. The quantitative estimate of drug-likeness (QED) is 0.640. The fraction of sp³-hybridized carbons (Fsp3) is 0.375. The molecule has 1 unspecified atom stereocenters. The molecule has 0 spiro atoms. The van der Waals surface area contributed by atoms with E-state index < -0.39 is 11.9 Å². The summed E-state index contributed by atoms with van der Waals surface area (Å²) in [5.41, 5.74) is 4.37. The number of carbonyl (C=O) groups is 3. The average molecular weight is 444 g/mol. The molecule has 1 aromatic carbocycles. The fourth-order valence-corrected chi connectivity index (χ4v) is 5.00. The molecule has 0 bridgehead atoms. The van der Waals surface area contributed by atoms with Crippen LogP contribution in [0.4, 0.5) is 4.79 Å². The van der Waals surface area contributed by atoms with Crippen molar-refractivity contribution in [2.75, 3.05) is 19.6 Å². The summed E-state index contributed by atoms with van der Waals surface area (Å²) >= 11 is 0. The summed E-state index contributed by atoms with van der Waals surface area (Å²) in [6, 6.07) is 9.43. The van der Waals surface area contributed by atoms with Crippen molar-refractivity contribution in [3.8, 4) is 0 Å². The first kappa shape index (κ1) is 19.9. The zero-order valence-electron chi connectivity index (χ0n) is 18.2. The Kier molecular flexibility index (Phi) is 4.46. The van der Waals surface area contributed by atoms with Gasteiger partial charge in [-0.25, -0.2) is 14.3 Å². The van der Waals surface area contributed by atoms with Gasteiger partial charge in [-0.15, -0.1) is 0 Å². The zero-order chi connectivity index (χ0) is 22.7. The highest BCUT2D eigenvalue weighted by Crippen LogP contribution is 2.55. The van der Waals surface area contributed by atoms with Crippen LogP contribution in [0.3, 0.4) is 0 Å². The normalized spacial score (nSPS) is 24.9. The van der Waals surface area contributed by atoms with Gasteiger partial charge < -0.3 is 10.2 Å². The molecule has 4 amide bonds. The molecule has 2 aliphatic heterocycles. The van der Waals surface area contributed by atoms with E-state index in [1.54, 1.807) is 16.9 Å². The number of nitrogens with one attached hydrogen (secondary N) is 2. The van der Waals surface area contributed by atoms with Crippen molar-refractivity contribution < 1.29 is 14.4 Å². The molecule has 1 saturated carbocycles. The first-order chi connectivity index (χ1) is 16.0. The number of hydrogen-bond donors (Lipinski definition) is 2. The number of rotatable bonds is 4. The third-order valence-electron chi connectivity index (χ3n) is 6.91. The van der Waals surface area contributed by atoms with Gasteiger partial charge in [-0.05, 0) is 47.9 Å². The Morgan fingerprint density at radius 1 is 1.12 bits per heavy atom. The van der Waals surface area contributed by atoms with Crippen molar-refractivity contribution in [1.29, 1.82) is 0 Å². The summed E-state index contributed by atoms with van der Waals surface area (Å²) in [7, 11) is 0. The van der Waals surface area contributed by atoms with Gasteiger partial charge in [0.25, 0.3) is 5.91 Å². The number of aromatic nitrogens is 3. The molecule has 9 heteroatoms. The molecular weight excluding hydrogens is 420 g/mol. The van der Waals surface area contributed by atoms with Crippen LogP contribution in [0.25, 0.3) is 5.65 Å². The number of fused-ring (bicyclic) bond motifs is 1. The van der Waals surface area contributed by atoms with Crippen molar-refractivity contribution in [3.05, 3.63) is 65.1 Å². The van der Waals surface area contributed by atoms with Crippen molar-refractivity contribution in [3.63, 3.8) is 0 Å². The van der Waals surface area contributed by atoms with Crippen molar-refractivity contribution in [2.24, 2.45) is 5.92 Å². The lowest BCUT2D eigenvalue weighted by molar-refractivity contribution is -0.122. The molecule has 2 aromatic heterocycles. The molecule has 2 N–H and O–H groups in total. The molecule has 3 atom stereocenters. The smallest absolute Gasteiger partial charge is 0.321 e. The number of hydrogen-bond acceptors (Lipinski definition) is 5. The maximum atomic E-state index is 12.6. The SMILES string of the molecule is CC1CN(C(=O)c2ccc([C@H]3C[C@@H]3c3cc(C4CNC(=O)NC4=O)nn4ccnc34)cc2)C1. The standard InChI is InChI=1S/C24H24N6O3/c1-13-11-29(12-13)23(32)15-4-2-14(3-5-15)16-8-17(16)18-9-20(28-30-7-6-25-21(18)30)19-10-26-24(33)27-22(19)31/h2-7,9,13,16-17,19H,8,10-12H2,1H3,(H2,26,27,31,33)/t16-,17+,19?/m1/s1. The van der Waals surface area contributed by atoms with Gasteiger partial charge in [-0.3, -0.25) is 14.9 Å². The number of urea groups is 1. The number of benzene rings is 1.